The molecule has 3 heteroatoms. The zero-order valence-corrected chi connectivity index (χ0v) is 11.5. The summed E-state index contributed by atoms with van der Waals surface area (Å²) in [6.45, 7) is 4.07. The van der Waals surface area contributed by atoms with Gasteiger partial charge in [-0.2, -0.15) is 0 Å². The fourth-order valence-electron chi connectivity index (χ4n) is 2.54. The van der Waals surface area contributed by atoms with E-state index in [4.69, 9.17) is 0 Å². The van der Waals surface area contributed by atoms with Gasteiger partial charge in [0.1, 0.15) is 5.54 Å². The Kier molecular flexibility index (Phi) is 5.20. The molecule has 0 radical (unpaired) electrons. The Hall–Kier alpha value is -1.51. The fourth-order valence-corrected chi connectivity index (χ4v) is 2.54. The molecule has 0 saturated heterocycles. The molecule has 0 aliphatic rings. The Labute approximate surface area is 109 Å². The topological polar surface area (TPSA) is 40.5 Å². The van der Waals surface area contributed by atoms with E-state index < -0.39 is 11.5 Å². The molecule has 0 fully saturated rings. The molecular weight excluding hydrogens is 226 g/mol. The molecule has 1 aromatic carbocycles. The molecule has 0 aliphatic carbocycles. The molecule has 0 atom stereocenters. The Morgan fingerprint density at radius 3 is 2.06 bits per heavy atom. The van der Waals surface area contributed by atoms with E-state index in [0.717, 1.165) is 18.5 Å². The molecule has 0 spiro atoms. The molecule has 0 unspecified atom stereocenters. The minimum absolute atomic E-state index is 0.668. The van der Waals surface area contributed by atoms with Gasteiger partial charge in [0, 0.05) is 12.7 Å². The number of carboxylic acids is 1. The van der Waals surface area contributed by atoms with Crippen molar-refractivity contribution in [1.29, 1.82) is 0 Å². The molecule has 0 aliphatic heterocycles. The number of para-hydroxylation sites is 1. The lowest BCUT2D eigenvalue weighted by Crippen LogP contribution is -2.53. The Balaban J connectivity index is 3.12. The average Bonchev–Trinajstić information content (AvgIpc) is 2.38. The lowest BCUT2D eigenvalue weighted by molar-refractivity contribution is -0.144. The van der Waals surface area contributed by atoms with E-state index in [9.17, 15) is 9.90 Å². The summed E-state index contributed by atoms with van der Waals surface area (Å²) >= 11 is 0. The second-order valence-electron chi connectivity index (χ2n) is 4.73. The zero-order chi connectivity index (χ0) is 13.6. The third kappa shape index (κ3) is 2.84. The van der Waals surface area contributed by atoms with E-state index in [1.54, 1.807) is 0 Å². The van der Waals surface area contributed by atoms with Crippen molar-refractivity contribution in [2.75, 3.05) is 11.9 Å². The molecule has 0 saturated carbocycles. The van der Waals surface area contributed by atoms with Crippen LogP contribution in [0.1, 0.15) is 39.5 Å². The molecule has 1 N–H and O–H groups in total. The van der Waals surface area contributed by atoms with Crippen molar-refractivity contribution in [1.82, 2.24) is 0 Å². The molecule has 0 heterocycles. The first kappa shape index (κ1) is 14.6. The monoisotopic (exact) mass is 249 g/mol. The highest BCUT2D eigenvalue weighted by Crippen LogP contribution is 2.31. The molecule has 1 rings (SSSR count). The van der Waals surface area contributed by atoms with Gasteiger partial charge in [0.2, 0.25) is 0 Å². The van der Waals surface area contributed by atoms with Gasteiger partial charge in [-0.1, -0.05) is 44.9 Å². The summed E-state index contributed by atoms with van der Waals surface area (Å²) in [6, 6.07) is 9.75. The van der Waals surface area contributed by atoms with Crippen LogP contribution in [-0.2, 0) is 4.79 Å². The van der Waals surface area contributed by atoms with Gasteiger partial charge < -0.3 is 10.0 Å². The minimum atomic E-state index is -0.787. The molecule has 18 heavy (non-hydrogen) atoms. The molecular formula is C15H23NO2. The average molecular weight is 249 g/mol. The van der Waals surface area contributed by atoms with Crippen LogP contribution in [0, 0.1) is 0 Å². The lowest BCUT2D eigenvalue weighted by atomic mass is 9.86. The lowest BCUT2D eigenvalue weighted by Gasteiger charge is -2.40. The number of anilines is 1. The predicted molar refractivity (Wildman–Crippen MR) is 75.0 cm³/mol. The third-order valence-corrected chi connectivity index (χ3v) is 3.51. The van der Waals surface area contributed by atoms with Crippen LogP contribution in [-0.4, -0.2) is 23.7 Å². The minimum Gasteiger partial charge on any atom is -0.479 e. The van der Waals surface area contributed by atoms with Crippen LogP contribution in [0.15, 0.2) is 30.3 Å². The van der Waals surface area contributed by atoms with Crippen molar-refractivity contribution in [3.8, 4) is 0 Å². The standard InChI is InChI=1S/C15H23NO2/c1-4-11-15(12-5-2,14(17)18)16(3)13-9-7-6-8-10-13/h6-10H,4-5,11-12H2,1-3H3,(H,17,18). The largest absolute Gasteiger partial charge is 0.479 e. The number of rotatable bonds is 7. The summed E-state index contributed by atoms with van der Waals surface area (Å²) in [7, 11) is 1.88. The highest BCUT2D eigenvalue weighted by molar-refractivity contribution is 5.83. The highest BCUT2D eigenvalue weighted by Gasteiger charge is 2.40. The van der Waals surface area contributed by atoms with E-state index in [0.29, 0.717) is 12.8 Å². The van der Waals surface area contributed by atoms with Crippen LogP contribution < -0.4 is 4.90 Å². The number of aliphatic carboxylic acids is 1. The van der Waals surface area contributed by atoms with Gasteiger partial charge in [-0.05, 0) is 25.0 Å². The first-order valence-corrected chi connectivity index (χ1v) is 6.60. The second-order valence-corrected chi connectivity index (χ2v) is 4.73. The summed E-state index contributed by atoms with van der Waals surface area (Å²) < 4.78 is 0. The zero-order valence-electron chi connectivity index (χ0n) is 11.5. The molecule has 1 aromatic rings. The summed E-state index contributed by atoms with van der Waals surface area (Å²) in [5, 5.41) is 9.68. The van der Waals surface area contributed by atoms with Crippen LogP contribution in [0.4, 0.5) is 5.69 Å². The van der Waals surface area contributed by atoms with Gasteiger partial charge in [0.15, 0.2) is 0 Å². The first-order chi connectivity index (χ1) is 8.58. The second kappa shape index (κ2) is 6.43. The summed E-state index contributed by atoms with van der Waals surface area (Å²) in [6.07, 6.45) is 3.07. The number of carbonyl (C=O) groups is 1. The molecule has 0 amide bonds. The van der Waals surface area contributed by atoms with E-state index >= 15 is 0 Å². The van der Waals surface area contributed by atoms with Gasteiger partial charge >= 0.3 is 5.97 Å². The number of carboxylic acid groups (broad SMARTS) is 1. The van der Waals surface area contributed by atoms with E-state index in [2.05, 4.69) is 0 Å². The van der Waals surface area contributed by atoms with Gasteiger partial charge in [-0.3, -0.25) is 0 Å². The van der Waals surface area contributed by atoms with Gasteiger partial charge in [0.25, 0.3) is 0 Å². The van der Waals surface area contributed by atoms with Crippen molar-refractivity contribution in [3.63, 3.8) is 0 Å². The van der Waals surface area contributed by atoms with Crippen LogP contribution >= 0.6 is 0 Å². The SMILES string of the molecule is CCCC(CCC)(C(=O)O)N(C)c1ccccc1. The Morgan fingerprint density at radius 1 is 1.17 bits per heavy atom. The maximum Gasteiger partial charge on any atom is 0.329 e. The summed E-state index contributed by atoms with van der Waals surface area (Å²) in [5.41, 5.74) is 0.173. The molecule has 0 bridgehead atoms. The summed E-state index contributed by atoms with van der Waals surface area (Å²) in [5.74, 6) is -0.724. The third-order valence-electron chi connectivity index (χ3n) is 3.51. The van der Waals surface area contributed by atoms with Crippen LogP contribution in [0.5, 0.6) is 0 Å². The van der Waals surface area contributed by atoms with E-state index in [1.165, 1.54) is 0 Å². The van der Waals surface area contributed by atoms with Crippen molar-refractivity contribution >= 4 is 11.7 Å². The highest BCUT2D eigenvalue weighted by atomic mass is 16.4. The smallest absolute Gasteiger partial charge is 0.329 e. The predicted octanol–water partition coefficient (Wildman–Crippen LogP) is 3.55. The van der Waals surface area contributed by atoms with E-state index in [-0.39, 0.29) is 0 Å². The quantitative estimate of drug-likeness (QED) is 0.803. The van der Waals surface area contributed by atoms with Gasteiger partial charge in [0.05, 0.1) is 0 Å². The first-order valence-electron chi connectivity index (χ1n) is 6.60. The Morgan fingerprint density at radius 2 is 1.67 bits per heavy atom. The number of likely N-dealkylation sites (N-methyl/N-ethyl adjacent to an activating group) is 1. The van der Waals surface area contributed by atoms with Gasteiger partial charge in [-0.15, -0.1) is 0 Å². The number of nitrogens with zero attached hydrogens (tertiary/aromatic N) is 1. The molecule has 3 nitrogen and oxygen atoms in total. The van der Waals surface area contributed by atoms with Crippen molar-refractivity contribution in [2.45, 2.75) is 45.1 Å². The van der Waals surface area contributed by atoms with Crippen LogP contribution in [0.3, 0.4) is 0 Å². The number of hydrogen-bond acceptors (Lipinski definition) is 2. The normalized spacial score (nSPS) is 11.3. The fraction of sp³-hybridized carbons (Fsp3) is 0.533. The number of benzene rings is 1. The maximum atomic E-state index is 11.8. The summed E-state index contributed by atoms with van der Waals surface area (Å²) in [4.78, 5) is 13.7. The van der Waals surface area contributed by atoms with Crippen LogP contribution in [0.25, 0.3) is 0 Å². The maximum absolute atomic E-state index is 11.8. The van der Waals surface area contributed by atoms with Crippen LogP contribution in [0.2, 0.25) is 0 Å². The molecule has 0 aromatic heterocycles. The van der Waals surface area contributed by atoms with Crippen molar-refractivity contribution in [2.24, 2.45) is 0 Å². The van der Waals surface area contributed by atoms with Gasteiger partial charge in [-0.25, -0.2) is 4.79 Å². The van der Waals surface area contributed by atoms with Crippen molar-refractivity contribution < 1.29 is 9.90 Å². The Bertz CT molecular complexity index is 369. The van der Waals surface area contributed by atoms with E-state index in [1.807, 2.05) is 56.1 Å². The molecule has 100 valence electrons. The van der Waals surface area contributed by atoms with Crippen molar-refractivity contribution in [3.05, 3.63) is 30.3 Å². The number of hydrogen-bond donors (Lipinski definition) is 1.